The molecule has 0 spiro atoms. The number of aliphatic hydroxyl groups excluding tert-OH is 1. The van der Waals surface area contributed by atoms with Gasteiger partial charge in [0.25, 0.3) is 0 Å². The van der Waals surface area contributed by atoms with Crippen molar-refractivity contribution in [1.82, 2.24) is 0 Å². The molecule has 5 nitrogen and oxygen atoms in total. The summed E-state index contributed by atoms with van der Waals surface area (Å²) in [6.07, 6.45) is 11.0. The van der Waals surface area contributed by atoms with Gasteiger partial charge in [0.2, 0.25) is 0 Å². The van der Waals surface area contributed by atoms with E-state index in [2.05, 4.69) is 39.8 Å². The third-order valence-electron chi connectivity index (χ3n) is 5.46. The Kier molecular flexibility index (Phi) is 8.17. The number of aliphatic hydroxyl groups is 1. The molecule has 1 heterocycles. The van der Waals surface area contributed by atoms with E-state index in [0.717, 1.165) is 25.7 Å². The maximum absolute atomic E-state index is 12.5. The number of hydrogen-bond acceptors (Lipinski definition) is 5. The molecule has 0 aromatic carbocycles. The van der Waals surface area contributed by atoms with Crippen molar-refractivity contribution in [2.24, 2.45) is 0 Å². The molecule has 1 fully saturated rings. The monoisotopic (exact) mass is 402 g/mol. The molecule has 0 amide bonds. The SMILES string of the molecule is CC(=O)OCC1=CC(=O)[C@]2(C/C=C(\C)CC/C=C(\C)CCC=C(C)C)O[C@@H]2[C@@H]1O. The molecule has 5 heteroatoms. The summed E-state index contributed by atoms with van der Waals surface area (Å²) >= 11 is 0. The molecule has 1 N–H and O–H groups in total. The number of rotatable bonds is 10. The van der Waals surface area contributed by atoms with Crippen LogP contribution in [0.2, 0.25) is 0 Å². The van der Waals surface area contributed by atoms with E-state index in [0.29, 0.717) is 12.0 Å². The Hall–Kier alpha value is -1.98. The zero-order chi connectivity index (χ0) is 21.6. The molecule has 1 aliphatic carbocycles. The largest absolute Gasteiger partial charge is 0.461 e. The minimum atomic E-state index is -0.948. The number of esters is 1. The van der Waals surface area contributed by atoms with Crippen LogP contribution in [0.4, 0.5) is 0 Å². The molecule has 29 heavy (non-hydrogen) atoms. The standard InChI is InChI=1S/C24H34O5/c1-16(2)8-6-9-17(3)10-7-11-18(4)12-13-24-21(26)14-20(15-28-19(5)25)22(27)23(24)29-24/h8,10,12,14,22-23,27H,6-7,9,11,13,15H2,1-5H3/b17-10+,18-12+/t22-,23-,24+/m1/s1. The van der Waals surface area contributed by atoms with Gasteiger partial charge in [0.05, 0.1) is 0 Å². The van der Waals surface area contributed by atoms with Crippen LogP contribution in [0.3, 0.4) is 0 Å². The highest BCUT2D eigenvalue weighted by Gasteiger charge is 2.66. The Morgan fingerprint density at radius 1 is 1.10 bits per heavy atom. The predicted octanol–water partition coefficient (Wildman–Crippen LogP) is 4.37. The summed E-state index contributed by atoms with van der Waals surface area (Å²) < 4.78 is 10.5. The number of carbonyl (C=O) groups excluding carboxylic acids is 2. The molecule has 0 unspecified atom stereocenters. The van der Waals surface area contributed by atoms with Crippen molar-refractivity contribution in [3.05, 3.63) is 46.6 Å². The minimum absolute atomic E-state index is 0.0770. The quantitative estimate of drug-likeness (QED) is 0.334. The highest BCUT2D eigenvalue weighted by molar-refractivity contribution is 6.02. The topological polar surface area (TPSA) is 76.1 Å². The van der Waals surface area contributed by atoms with E-state index in [9.17, 15) is 14.7 Å². The van der Waals surface area contributed by atoms with Crippen LogP contribution >= 0.6 is 0 Å². The minimum Gasteiger partial charge on any atom is -0.461 e. The van der Waals surface area contributed by atoms with Gasteiger partial charge in [-0.05, 0) is 59.5 Å². The first-order chi connectivity index (χ1) is 13.7. The van der Waals surface area contributed by atoms with Crippen molar-refractivity contribution in [2.75, 3.05) is 6.61 Å². The van der Waals surface area contributed by atoms with Crippen molar-refractivity contribution in [3.63, 3.8) is 0 Å². The van der Waals surface area contributed by atoms with Gasteiger partial charge >= 0.3 is 5.97 Å². The molecule has 0 aromatic heterocycles. The molecule has 0 saturated carbocycles. The van der Waals surface area contributed by atoms with Gasteiger partial charge < -0.3 is 14.6 Å². The van der Waals surface area contributed by atoms with Crippen LogP contribution in [0.5, 0.6) is 0 Å². The smallest absolute Gasteiger partial charge is 0.302 e. The number of ether oxygens (including phenoxy) is 2. The van der Waals surface area contributed by atoms with E-state index in [4.69, 9.17) is 9.47 Å². The van der Waals surface area contributed by atoms with Crippen LogP contribution in [0, 0.1) is 0 Å². The Bertz CT molecular complexity index is 751. The molecular weight excluding hydrogens is 368 g/mol. The average Bonchev–Trinajstić information content (AvgIpc) is 3.38. The molecule has 0 aromatic rings. The van der Waals surface area contributed by atoms with Gasteiger partial charge in [-0.25, -0.2) is 0 Å². The van der Waals surface area contributed by atoms with Crippen LogP contribution in [0.15, 0.2) is 46.6 Å². The fourth-order valence-corrected chi connectivity index (χ4v) is 3.52. The van der Waals surface area contributed by atoms with E-state index < -0.39 is 23.8 Å². The molecule has 2 rings (SSSR count). The van der Waals surface area contributed by atoms with Gasteiger partial charge in [-0.2, -0.15) is 0 Å². The second-order valence-electron chi connectivity index (χ2n) is 8.40. The zero-order valence-corrected chi connectivity index (χ0v) is 18.3. The van der Waals surface area contributed by atoms with Gasteiger partial charge in [-0.1, -0.05) is 34.9 Å². The average molecular weight is 403 g/mol. The first-order valence-corrected chi connectivity index (χ1v) is 10.3. The summed E-state index contributed by atoms with van der Waals surface area (Å²) in [4.78, 5) is 23.5. The van der Waals surface area contributed by atoms with Crippen molar-refractivity contribution < 1.29 is 24.2 Å². The highest BCUT2D eigenvalue weighted by Crippen LogP contribution is 2.48. The van der Waals surface area contributed by atoms with E-state index in [1.807, 2.05) is 6.08 Å². The lowest BCUT2D eigenvalue weighted by Crippen LogP contribution is -2.38. The van der Waals surface area contributed by atoms with Gasteiger partial charge in [0.15, 0.2) is 11.4 Å². The lowest BCUT2D eigenvalue weighted by Gasteiger charge is -2.20. The summed E-state index contributed by atoms with van der Waals surface area (Å²) in [5.74, 6) is -0.604. The first kappa shape index (κ1) is 23.3. The van der Waals surface area contributed by atoms with E-state index in [1.165, 1.54) is 29.7 Å². The van der Waals surface area contributed by atoms with Crippen LogP contribution in [-0.4, -0.2) is 41.3 Å². The third kappa shape index (κ3) is 6.51. The number of allylic oxidation sites excluding steroid dienone is 5. The Labute approximate surface area is 174 Å². The first-order valence-electron chi connectivity index (χ1n) is 10.3. The Balaban J connectivity index is 1.84. The predicted molar refractivity (Wildman–Crippen MR) is 113 cm³/mol. The van der Waals surface area contributed by atoms with Crippen molar-refractivity contribution in [2.45, 2.75) is 84.5 Å². The molecule has 0 radical (unpaired) electrons. The summed E-state index contributed by atoms with van der Waals surface area (Å²) in [6.45, 7) is 9.68. The molecule has 2 aliphatic rings. The molecule has 1 saturated heterocycles. The maximum Gasteiger partial charge on any atom is 0.302 e. The number of epoxide rings is 1. The normalized spacial score (nSPS) is 26.6. The summed E-state index contributed by atoms with van der Waals surface area (Å²) in [5.41, 5.74) is 3.41. The fourth-order valence-electron chi connectivity index (χ4n) is 3.52. The molecule has 160 valence electrons. The zero-order valence-electron chi connectivity index (χ0n) is 18.3. The van der Waals surface area contributed by atoms with Crippen LogP contribution < -0.4 is 0 Å². The Morgan fingerprint density at radius 3 is 2.34 bits per heavy atom. The van der Waals surface area contributed by atoms with Gasteiger partial charge in [-0.3, -0.25) is 9.59 Å². The molecule has 0 bridgehead atoms. The fraction of sp³-hybridized carbons (Fsp3) is 0.583. The van der Waals surface area contributed by atoms with Gasteiger partial charge in [-0.15, -0.1) is 0 Å². The summed E-state index contributed by atoms with van der Waals surface area (Å²) in [7, 11) is 0. The number of hydrogen-bond donors (Lipinski definition) is 1. The van der Waals surface area contributed by atoms with Crippen molar-refractivity contribution in [3.8, 4) is 0 Å². The van der Waals surface area contributed by atoms with Crippen molar-refractivity contribution in [1.29, 1.82) is 0 Å². The van der Waals surface area contributed by atoms with Gasteiger partial charge in [0, 0.05) is 18.9 Å². The Morgan fingerprint density at radius 2 is 1.72 bits per heavy atom. The molecule has 1 aliphatic heterocycles. The lowest BCUT2D eigenvalue weighted by atomic mass is 9.84. The van der Waals surface area contributed by atoms with E-state index >= 15 is 0 Å². The van der Waals surface area contributed by atoms with E-state index in [1.54, 1.807) is 0 Å². The van der Waals surface area contributed by atoms with Crippen LogP contribution in [0.1, 0.15) is 66.7 Å². The van der Waals surface area contributed by atoms with Gasteiger partial charge in [0.1, 0.15) is 18.8 Å². The number of carbonyl (C=O) groups is 2. The summed E-state index contributed by atoms with van der Waals surface area (Å²) in [5, 5.41) is 10.4. The molecule has 3 atom stereocenters. The number of ketones is 1. The van der Waals surface area contributed by atoms with Crippen molar-refractivity contribution >= 4 is 11.8 Å². The third-order valence-corrected chi connectivity index (χ3v) is 5.46. The maximum atomic E-state index is 12.5. The van der Waals surface area contributed by atoms with E-state index in [-0.39, 0.29) is 12.4 Å². The second-order valence-corrected chi connectivity index (χ2v) is 8.40. The summed E-state index contributed by atoms with van der Waals surface area (Å²) in [6, 6.07) is 0. The lowest BCUT2D eigenvalue weighted by molar-refractivity contribution is -0.140. The number of fused-ring (bicyclic) bond motifs is 1. The van der Waals surface area contributed by atoms with Crippen LogP contribution in [-0.2, 0) is 19.1 Å². The highest BCUT2D eigenvalue weighted by atomic mass is 16.6. The second kappa shape index (κ2) is 10.2. The molecular formula is C24H34O5. The van der Waals surface area contributed by atoms with Crippen LogP contribution in [0.25, 0.3) is 0 Å².